The lowest BCUT2D eigenvalue weighted by Gasteiger charge is -2.18. The van der Waals surface area contributed by atoms with Gasteiger partial charge in [0, 0.05) is 23.7 Å². The van der Waals surface area contributed by atoms with Crippen molar-refractivity contribution in [3.63, 3.8) is 0 Å². The van der Waals surface area contributed by atoms with E-state index < -0.39 is 0 Å². The number of carbonyl (C=O) groups excluding carboxylic acids is 1. The molecule has 2 N–H and O–H groups in total. The third-order valence-corrected chi connectivity index (χ3v) is 3.86. The molecule has 1 amide bonds. The Morgan fingerprint density at radius 3 is 2.84 bits per heavy atom. The van der Waals surface area contributed by atoms with Crippen LogP contribution in [-0.2, 0) is 11.3 Å². The van der Waals surface area contributed by atoms with Gasteiger partial charge in [-0.15, -0.1) is 0 Å². The summed E-state index contributed by atoms with van der Waals surface area (Å²) < 4.78 is 5.31. The molecular weight excluding hydrogens is 287 g/mol. The third kappa shape index (κ3) is 3.32. The molecule has 1 heterocycles. The van der Waals surface area contributed by atoms with Crippen molar-refractivity contribution in [3.05, 3.63) is 27.7 Å². The number of rotatable bonds is 4. The highest BCUT2D eigenvalue weighted by Crippen LogP contribution is 2.33. The lowest BCUT2D eigenvalue weighted by molar-refractivity contribution is -0.121. The lowest BCUT2D eigenvalue weighted by Crippen LogP contribution is -2.27. The number of primary amides is 1. The number of ether oxygens (including phenoxy) is 1. The maximum absolute atomic E-state index is 11.2. The molecule has 1 aliphatic heterocycles. The number of carbonyl (C=O) groups is 1. The Kier molecular flexibility index (Phi) is 4.55. The van der Waals surface area contributed by atoms with E-state index in [0.29, 0.717) is 28.9 Å². The highest BCUT2D eigenvalue weighted by atomic mass is 35.5. The molecule has 0 aromatic heterocycles. The fourth-order valence-corrected chi connectivity index (χ4v) is 3.02. The largest absolute Gasteiger partial charge is 0.495 e. The van der Waals surface area contributed by atoms with E-state index in [2.05, 4.69) is 4.90 Å². The van der Waals surface area contributed by atoms with E-state index >= 15 is 0 Å². The second-order valence-electron chi connectivity index (χ2n) is 4.70. The summed E-state index contributed by atoms with van der Waals surface area (Å²) in [5.74, 6) is 0.327. The zero-order valence-electron chi connectivity index (χ0n) is 10.7. The van der Waals surface area contributed by atoms with E-state index in [9.17, 15) is 4.79 Å². The molecule has 0 bridgehead atoms. The van der Waals surface area contributed by atoms with Crippen molar-refractivity contribution in [1.29, 1.82) is 0 Å². The molecule has 0 radical (unpaired) electrons. The van der Waals surface area contributed by atoms with Gasteiger partial charge in [0.05, 0.1) is 18.1 Å². The maximum Gasteiger partial charge on any atom is 0.221 e. The van der Waals surface area contributed by atoms with Gasteiger partial charge < -0.3 is 10.5 Å². The summed E-state index contributed by atoms with van der Waals surface area (Å²) in [6.07, 6.45) is 0.798. The summed E-state index contributed by atoms with van der Waals surface area (Å²) in [6, 6.07) is 3.49. The van der Waals surface area contributed by atoms with Crippen molar-refractivity contribution < 1.29 is 9.53 Å². The second kappa shape index (κ2) is 5.99. The van der Waals surface area contributed by atoms with Crippen LogP contribution in [0.15, 0.2) is 12.1 Å². The minimum atomic E-state index is -0.237. The van der Waals surface area contributed by atoms with Crippen LogP contribution in [0.3, 0.4) is 0 Å². The first-order valence-corrected chi connectivity index (χ1v) is 6.80. The monoisotopic (exact) mass is 302 g/mol. The number of hydrogen-bond acceptors (Lipinski definition) is 3. The number of hydrogen-bond donors (Lipinski definition) is 1. The summed E-state index contributed by atoms with van der Waals surface area (Å²) in [6.45, 7) is 2.15. The first-order valence-electron chi connectivity index (χ1n) is 6.05. The smallest absolute Gasteiger partial charge is 0.221 e. The number of halogens is 2. The zero-order chi connectivity index (χ0) is 14.0. The van der Waals surface area contributed by atoms with Crippen molar-refractivity contribution in [1.82, 2.24) is 4.90 Å². The highest BCUT2D eigenvalue weighted by molar-refractivity contribution is 6.35. The van der Waals surface area contributed by atoms with Crippen molar-refractivity contribution in [2.45, 2.75) is 13.0 Å². The van der Waals surface area contributed by atoms with Crippen LogP contribution >= 0.6 is 23.2 Å². The summed E-state index contributed by atoms with van der Waals surface area (Å²) in [4.78, 5) is 13.3. The number of methoxy groups -OCH3 is 1. The summed E-state index contributed by atoms with van der Waals surface area (Å²) in [7, 11) is 1.58. The molecule has 1 aromatic carbocycles. The fraction of sp³-hybridized carbons (Fsp3) is 0.462. The predicted molar refractivity (Wildman–Crippen MR) is 75.6 cm³/mol. The Morgan fingerprint density at radius 1 is 1.53 bits per heavy atom. The first-order chi connectivity index (χ1) is 9.01. The van der Waals surface area contributed by atoms with E-state index in [1.807, 2.05) is 6.07 Å². The third-order valence-electron chi connectivity index (χ3n) is 3.36. The van der Waals surface area contributed by atoms with Gasteiger partial charge >= 0.3 is 0 Å². The number of nitrogens with two attached hydrogens (primary N) is 1. The molecule has 0 aliphatic carbocycles. The minimum absolute atomic E-state index is 0.0688. The Hall–Kier alpha value is -0.970. The van der Waals surface area contributed by atoms with Crippen LogP contribution in [0.2, 0.25) is 10.0 Å². The number of benzene rings is 1. The van der Waals surface area contributed by atoms with Gasteiger partial charge in [-0.2, -0.15) is 0 Å². The van der Waals surface area contributed by atoms with Gasteiger partial charge in [0.25, 0.3) is 0 Å². The van der Waals surface area contributed by atoms with Gasteiger partial charge in [-0.3, -0.25) is 9.69 Å². The fourth-order valence-electron chi connectivity index (χ4n) is 2.41. The van der Waals surface area contributed by atoms with Crippen molar-refractivity contribution in [3.8, 4) is 5.75 Å². The molecule has 1 fully saturated rings. The van der Waals surface area contributed by atoms with E-state index in [0.717, 1.165) is 18.5 Å². The number of likely N-dealkylation sites (tertiary alicyclic amines) is 1. The van der Waals surface area contributed by atoms with Crippen molar-refractivity contribution >= 4 is 29.1 Å². The number of nitrogens with zero attached hydrogens (tertiary/aromatic N) is 1. The molecule has 1 atom stereocenters. The molecule has 104 valence electrons. The van der Waals surface area contributed by atoms with Crippen LogP contribution in [0.1, 0.15) is 12.0 Å². The number of amides is 1. The zero-order valence-corrected chi connectivity index (χ0v) is 12.2. The minimum Gasteiger partial charge on any atom is -0.495 e. The van der Waals surface area contributed by atoms with E-state index in [1.165, 1.54) is 0 Å². The summed E-state index contributed by atoms with van der Waals surface area (Å²) in [5, 5.41) is 1.07. The summed E-state index contributed by atoms with van der Waals surface area (Å²) in [5.41, 5.74) is 6.25. The first kappa shape index (κ1) is 14.4. The highest BCUT2D eigenvalue weighted by Gasteiger charge is 2.27. The predicted octanol–water partition coefficient (Wildman–Crippen LogP) is 2.31. The van der Waals surface area contributed by atoms with Crippen molar-refractivity contribution in [2.24, 2.45) is 11.7 Å². The molecule has 0 saturated carbocycles. The maximum atomic E-state index is 11.2. The van der Waals surface area contributed by atoms with Gasteiger partial charge in [-0.25, -0.2) is 0 Å². The quantitative estimate of drug-likeness (QED) is 0.928. The Balaban J connectivity index is 2.13. The molecule has 4 nitrogen and oxygen atoms in total. The topological polar surface area (TPSA) is 55.6 Å². The standard InChI is InChI=1S/C13H16Cl2N2O2/c1-19-12-9(4-10(14)5-11(12)15)7-17-3-2-8(6-17)13(16)18/h4-5,8H,2-3,6-7H2,1H3,(H2,16,18)/t8-/m0/s1. The van der Waals surface area contributed by atoms with E-state index in [1.54, 1.807) is 13.2 Å². The Labute approximate surface area is 122 Å². The summed E-state index contributed by atoms with van der Waals surface area (Å²) >= 11 is 12.1. The SMILES string of the molecule is COc1c(Cl)cc(Cl)cc1CN1CC[C@H](C(N)=O)C1. The molecule has 1 aromatic rings. The van der Waals surface area contributed by atoms with Crippen molar-refractivity contribution in [2.75, 3.05) is 20.2 Å². The molecule has 19 heavy (non-hydrogen) atoms. The van der Waals surface area contributed by atoms with Gasteiger partial charge in [0.1, 0.15) is 5.75 Å². The Bertz CT molecular complexity index is 494. The molecule has 1 aliphatic rings. The van der Waals surface area contributed by atoms with Gasteiger partial charge in [-0.05, 0) is 25.1 Å². The van der Waals surface area contributed by atoms with Crippen LogP contribution in [0.5, 0.6) is 5.75 Å². The lowest BCUT2D eigenvalue weighted by atomic mass is 10.1. The molecule has 0 spiro atoms. The van der Waals surface area contributed by atoms with Gasteiger partial charge in [0.2, 0.25) is 5.91 Å². The Morgan fingerprint density at radius 2 is 2.26 bits per heavy atom. The average Bonchev–Trinajstić information content (AvgIpc) is 2.77. The van der Waals surface area contributed by atoms with Crippen LogP contribution in [-0.4, -0.2) is 31.0 Å². The van der Waals surface area contributed by atoms with Crippen LogP contribution in [0.4, 0.5) is 0 Å². The molecule has 2 rings (SSSR count). The molecule has 6 heteroatoms. The van der Waals surface area contributed by atoms with Crippen LogP contribution in [0, 0.1) is 5.92 Å². The molecular formula is C13H16Cl2N2O2. The van der Waals surface area contributed by atoms with Gasteiger partial charge in [-0.1, -0.05) is 23.2 Å². The average molecular weight is 303 g/mol. The van der Waals surface area contributed by atoms with Crippen LogP contribution < -0.4 is 10.5 Å². The van der Waals surface area contributed by atoms with E-state index in [4.69, 9.17) is 33.7 Å². The molecule has 1 saturated heterocycles. The normalized spacial score (nSPS) is 19.6. The van der Waals surface area contributed by atoms with Crippen LogP contribution in [0.25, 0.3) is 0 Å². The second-order valence-corrected chi connectivity index (χ2v) is 5.55. The molecule has 0 unspecified atom stereocenters. The van der Waals surface area contributed by atoms with Gasteiger partial charge in [0.15, 0.2) is 0 Å². The van der Waals surface area contributed by atoms with E-state index in [-0.39, 0.29) is 11.8 Å².